The van der Waals surface area contributed by atoms with E-state index in [1.54, 1.807) is 6.07 Å². The number of hydrogen-bond donors (Lipinski definition) is 1. The maximum Gasteiger partial charge on any atom is 0.165 e. The summed E-state index contributed by atoms with van der Waals surface area (Å²) in [5, 5.41) is 10.1. The van der Waals surface area contributed by atoms with E-state index in [1.807, 2.05) is 13.1 Å². The van der Waals surface area contributed by atoms with Crippen molar-refractivity contribution in [3.05, 3.63) is 29.6 Å². The van der Waals surface area contributed by atoms with Gasteiger partial charge in [0, 0.05) is 18.2 Å². The molecule has 0 aromatic heterocycles. The van der Waals surface area contributed by atoms with Crippen molar-refractivity contribution >= 4 is 0 Å². The molecule has 1 saturated carbocycles. The molecule has 0 saturated heterocycles. The lowest BCUT2D eigenvalue weighted by molar-refractivity contribution is 0.0285. The molecule has 106 valence electrons. The lowest BCUT2D eigenvalue weighted by Crippen LogP contribution is -2.42. The largest absolute Gasteiger partial charge is 0.493 e. The van der Waals surface area contributed by atoms with Crippen molar-refractivity contribution in [1.82, 2.24) is 4.90 Å². The Labute approximate surface area is 114 Å². The number of aliphatic hydroxyl groups excluding tert-OH is 1. The number of hydrogen-bond acceptors (Lipinski definition) is 3. The van der Waals surface area contributed by atoms with Gasteiger partial charge in [0.25, 0.3) is 0 Å². The molecule has 0 radical (unpaired) electrons. The molecule has 1 aromatic carbocycles. The summed E-state index contributed by atoms with van der Waals surface area (Å²) in [7, 11) is 3.46. The minimum atomic E-state index is -0.336. The van der Waals surface area contributed by atoms with Crippen LogP contribution in [0.1, 0.15) is 31.2 Å². The number of methoxy groups -OCH3 is 1. The van der Waals surface area contributed by atoms with E-state index in [0.29, 0.717) is 12.3 Å². The van der Waals surface area contributed by atoms with Crippen LogP contribution in [0.2, 0.25) is 0 Å². The minimum Gasteiger partial charge on any atom is -0.493 e. The zero-order valence-corrected chi connectivity index (χ0v) is 11.6. The zero-order valence-electron chi connectivity index (χ0n) is 11.6. The van der Waals surface area contributed by atoms with Gasteiger partial charge in [-0.15, -0.1) is 0 Å². The second kappa shape index (κ2) is 6.35. The highest BCUT2D eigenvalue weighted by Crippen LogP contribution is 2.27. The first-order valence-electron chi connectivity index (χ1n) is 6.83. The Balaban J connectivity index is 2.10. The number of para-hydroxylation sites is 1. The van der Waals surface area contributed by atoms with Gasteiger partial charge in [0.15, 0.2) is 11.6 Å². The third-order valence-electron chi connectivity index (χ3n) is 3.93. The average molecular weight is 267 g/mol. The number of rotatable bonds is 4. The summed E-state index contributed by atoms with van der Waals surface area (Å²) in [6, 6.07) is 5.12. The molecule has 0 spiro atoms. The van der Waals surface area contributed by atoms with Gasteiger partial charge < -0.3 is 9.84 Å². The third-order valence-corrected chi connectivity index (χ3v) is 3.93. The molecule has 0 heterocycles. The van der Waals surface area contributed by atoms with E-state index in [4.69, 9.17) is 4.74 Å². The fourth-order valence-electron chi connectivity index (χ4n) is 2.90. The summed E-state index contributed by atoms with van der Waals surface area (Å²) in [5.74, 6) is -0.0303. The quantitative estimate of drug-likeness (QED) is 0.910. The lowest BCUT2D eigenvalue weighted by Gasteiger charge is -2.35. The molecule has 19 heavy (non-hydrogen) atoms. The number of aliphatic hydroxyl groups is 1. The van der Waals surface area contributed by atoms with Crippen molar-refractivity contribution in [2.75, 3.05) is 14.2 Å². The average Bonchev–Trinajstić information content (AvgIpc) is 2.39. The summed E-state index contributed by atoms with van der Waals surface area (Å²) in [6.45, 7) is 0.586. The van der Waals surface area contributed by atoms with E-state index in [1.165, 1.54) is 13.2 Å². The molecule has 1 fully saturated rings. The molecule has 3 nitrogen and oxygen atoms in total. The van der Waals surface area contributed by atoms with Crippen LogP contribution in [-0.4, -0.2) is 36.3 Å². The van der Waals surface area contributed by atoms with Gasteiger partial charge in [0.1, 0.15) is 0 Å². The van der Waals surface area contributed by atoms with Crippen molar-refractivity contribution in [2.45, 2.75) is 44.4 Å². The SMILES string of the molecule is COc1c(F)cccc1CN(C)[C@@H]1CCCC[C@@H]1O. The Hall–Kier alpha value is -1.13. The first-order valence-corrected chi connectivity index (χ1v) is 6.83. The molecule has 1 N–H and O–H groups in total. The van der Waals surface area contributed by atoms with Gasteiger partial charge in [-0.25, -0.2) is 4.39 Å². The fraction of sp³-hybridized carbons (Fsp3) is 0.600. The Bertz CT molecular complexity index is 425. The van der Waals surface area contributed by atoms with Crippen molar-refractivity contribution in [3.63, 3.8) is 0 Å². The van der Waals surface area contributed by atoms with Gasteiger partial charge in [-0.2, -0.15) is 0 Å². The molecule has 2 atom stereocenters. The number of ether oxygens (including phenoxy) is 1. The summed E-state index contributed by atoms with van der Waals surface area (Å²) < 4.78 is 18.8. The maximum atomic E-state index is 13.6. The highest BCUT2D eigenvalue weighted by atomic mass is 19.1. The molecule has 2 rings (SSSR count). The maximum absolute atomic E-state index is 13.6. The van der Waals surface area contributed by atoms with Crippen molar-refractivity contribution in [1.29, 1.82) is 0 Å². The van der Waals surface area contributed by atoms with Gasteiger partial charge in [-0.05, 0) is 26.0 Å². The molecule has 0 unspecified atom stereocenters. The zero-order chi connectivity index (χ0) is 13.8. The lowest BCUT2D eigenvalue weighted by atomic mass is 9.91. The first kappa shape index (κ1) is 14.3. The predicted octanol–water partition coefficient (Wildman–Crippen LogP) is 2.57. The van der Waals surface area contributed by atoms with Gasteiger partial charge in [0.2, 0.25) is 0 Å². The highest BCUT2D eigenvalue weighted by Gasteiger charge is 2.27. The number of likely N-dealkylation sites (N-methyl/N-ethyl adjacent to an activating group) is 1. The minimum absolute atomic E-state index is 0.154. The summed E-state index contributed by atoms with van der Waals surface area (Å²) in [4.78, 5) is 2.10. The first-order chi connectivity index (χ1) is 9.13. The predicted molar refractivity (Wildman–Crippen MR) is 72.7 cm³/mol. The van der Waals surface area contributed by atoms with E-state index in [2.05, 4.69) is 4.90 Å². The topological polar surface area (TPSA) is 32.7 Å². The molecule has 1 aliphatic carbocycles. The monoisotopic (exact) mass is 267 g/mol. The second-order valence-corrected chi connectivity index (χ2v) is 5.27. The molecular weight excluding hydrogens is 245 g/mol. The van der Waals surface area contributed by atoms with Crippen LogP contribution >= 0.6 is 0 Å². The van der Waals surface area contributed by atoms with E-state index in [9.17, 15) is 9.50 Å². The van der Waals surface area contributed by atoms with Crippen LogP contribution in [0.5, 0.6) is 5.75 Å². The highest BCUT2D eigenvalue weighted by molar-refractivity contribution is 5.34. The van der Waals surface area contributed by atoms with E-state index >= 15 is 0 Å². The van der Waals surface area contributed by atoms with Crippen LogP contribution in [0, 0.1) is 5.82 Å². The van der Waals surface area contributed by atoms with Gasteiger partial charge in [-0.1, -0.05) is 25.0 Å². The third kappa shape index (κ3) is 3.25. The summed E-state index contributed by atoms with van der Waals surface area (Å²) >= 11 is 0. The molecule has 0 bridgehead atoms. The standard InChI is InChI=1S/C15H22FNO2/c1-17(13-8-3-4-9-14(13)18)10-11-6-5-7-12(16)15(11)19-2/h5-7,13-14,18H,3-4,8-10H2,1-2H3/t13-,14+/m1/s1. The van der Waals surface area contributed by atoms with Gasteiger partial charge in [0.05, 0.1) is 13.2 Å². The van der Waals surface area contributed by atoms with Crippen molar-refractivity contribution in [2.24, 2.45) is 0 Å². The Morgan fingerprint density at radius 3 is 2.79 bits per heavy atom. The van der Waals surface area contributed by atoms with Crippen LogP contribution in [0.25, 0.3) is 0 Å². The molecule has 1 aromatic rings. The number of nitrogens with zero attached hydrogens (tertiary/aromatic N) is 1. The fourth-order valence-corrected chi connectivity index (χ4v) is 2.90. The van der Waals surface area contributed by atoms with Crippen LogP contribution in [0.4, 0.5) is 4.39 Å². The van der Waals surface area contributed by atoms with Gasteiger partial charge in [-0.3, -0.25) is 4.90 Å². The molecular formula is C15H22FNO2. The van der Waals surface area contributed by atoms with Crippen LogP contribution in [-0.2, 0) is 6.54 Å². The summed E-state index contributed by atoms with van der Waals surface area (Å²) in [6.07, 6.45) is 3.81. The van der Waals surface area contributed by atoms with E-state index in [-0.39, 0.29) is 18.0 Å². The van der Waals surface area contributed by atoms with E-state index in [0.717, 1.165) is 31.2 Å². The van der Waals surface area contributed by atoms with Crippen molar-refractivity contribution in [3.8, 4) is 5.75 Å². The molecule has 0 amide bonds. The molecule has 0 aliphatic heterocycles. The summed E-state index contributed by atoms with van der Waals surface area (Å²) in [5.41, 5.74) is 0.822. The normalized spacial score (nSPS) is 23.6. The van der Waals surface area contributed by atoms with E-state index < -0.39 is 0 Å². The van der Waals surface area contributed by atoms with Crippen molar-refractivity contribution < 1.29 is 14.2 Å². The van der Waals surface area contributed by atoms with Crippen LogP contribution in [0.15, 0.2) is 18.2 Å². The van der Waals surface area contributed by atoms with Crippen LogP contribution in [0.3, 0.4) is 0 Å². The smallest absolute Gasteiger partial charge is 0.165 e. The van der Waals surface area contributed by atoms with Crippen LogP contribution < -0.4 is 4.74 Å². The number of halogens is 1. The Kier molecular flexibility index (Phi) is 4.77. The molecule has 1 aliphatic rings. The Morgan fingerprint density at radius 2 is 2.11 bits per heavy atom. The Morgan fingerprint density at radius 1 is 1.37 bits per heavy atom. The second-order valence-electron chi connectivity index (χ2n) is 5.27. The van der Waals surface area contributed by atoms with Gasteiger partial charge >= 0.3 is 0 Å². The number of benzene rings is 1. The molecule has 4 heteroatoms.